The first-order chi connectivity index (χ1) is 8.75. The Kier molecular flexibility index (Phi) is 5.16. The Hall–Kier alpha value is -0.910. The monoisotopic (exact) mass is 268 g/mol. The lowest BCUT2D eigenvalue weighted by Crippen LogP contribution is -2.46. The zero-order valence-electron chi connectivity index (χ0n) is 10.7. The van der Waals surface area contributed by atoms with Crippen molar-refractivity contribution in [1.82, 2.24) is 10.2 Å². The van der Waals surface area contributed by atoms with E-state index in [1.54, 1.807) is 11.3 Å². The van der Waals surface area contributed by atoms with E-state index in [-0.39, 0.29) is 5.91 Å². The summed E-state index contributed by atoms with van der Waals surface area (Å²) in [5, 5.41) is 7.53. The highest BCUT2D eigenvalue weighted by Crippen LogP contribution is 2.08. The van der Waals surface area contributed by atoms with Gasteiger partial charge in [-0.15, -0.1) is 0 Å². The van der Waals surface area contributed by atoms with Gasteiger partial charge in [0.1, 0.15) is 0 Å². The van der Waals surface area contributed by atoms with E-state index in [1.165, 1.54) is 5.56 Å². The number of carbonyl (C=O) groups is 1. The molecule has 1 unspecified atom stereocenters. The minimum atomic E-state index is 0.176. The lowest BCUT2D eigenvalue weighted by Gasteiger charge is -2.27. The van der Waals surface area contributed by atoms with Gasteiger partial charge in [-0.1, -0.05) is 0 Å². The number of rotatable bonds is 5. The van der Waals surface area contributed by atoms with Crippen LogP contribution in [0.4, 0.5) is 0 Å². The second-order valence-corrected chi connectivity index (χ2v) is 5.39. The molecule has 0 saturated carbocycles. The van der Waals surface area contributed by atoms with E-state index in [0.29, 0.717) is 25.8 Å². The number of hydrogen-bond acceptors (Lipinski definition) is 4. The quantitative estimate of drug-likeness (QED) is 0.870. The number of nitrogens with one attached hydrogen (secondary N) is 1. The van der Waals surface area contributed by atoms with Crippen molar-refractivity contribution < 1.29 is 9.53 Å². The van der Waals surface area contributed by atoms with Crippen LogP contribution in [0.15, 0.2) is 16.8 Å². The van der Waals surface area contributed by atoms with Gasteiger partial charge >= 0.3 is 0 Å². The van der Waals surface area contributed by atoms with E-state index in [9.17, 15) is 4.79 Å². The van der Waals surface area contributed by atoms with Gasteiger partial charge in [0, 0.05) is 19.1 Å². The first-order valence-electron chi connectivity index (χ1n) is 6.35. The second kappa shape index (κ2) is 6.87. The van der Waals surface area contributed by atoms with Crippen LogP contribution in [0.5, 0.6) is 0 Å². The van der Waals surface area contributed by atoms with Crippen LogP contribution in [-0.2, 0) is 16.0 Å². The molecule has 1 aliphatic rings. The highest BCUT2D eigenvalue weighted by molar-refractivity contribution is 7.07. The van der Waals surface area contributed by atoms with Crippen LogP contribution in [0.1, 0.15) is 12.5 Å². The molecule has 1 N–H and O–H groups in total. The van der Waals surface area contributed by atoms with E-state index in [1.807, 2.05) is 4.90 Å². The Morgan fingerprint density at radius 3 is 3.00 bits per heavy atom. The maximum absolute atomic E-state index is 11.9. The molecular weight excluding hydrogens is 248 g/mol. The smallest absolute Gasteiger partial charge is 0.236 e. The van der Waals surface area contributed by atoms with E-state index in [4.69, 9.17) is 4.74 Å². The Bertz CT molecular complexity index is 361. The zero-order chi connectivity index (χ0) is 12.8. The molecule has 100 valence electrons. The molecule has 1 aromatic rings. The van der Waals surface area contributed by atoms with Crippen LogP contribution in [-0.4, -0.2) is 49.7 Å². The van der Waals surface area contributed by atoms with Crippen molar-refractivity contribution in [2.24, 2.45) is 0 Å². The molecule has 4 nitrogen and oxygen atoms in total. The maximum atomic E-state index is 11.9. The molecule has 1 aliphatic heterocycles. The second-order valence-electron chi connectivity index (χ2n) is 4.61. The molecule has 0 bridgehead atoms. The summed E-state index contributed by atoms with van der Waals surface area (Å²) in [5.74, 6) is 0.176. The summed E-state index contributed by atoms with van der Waals surface area (Å²) in [7, 11) is 0. The summed E-state index contributed by atoms with van der Waals surface area (Å²) >= 11 is 1.71. The Balaban J connectivity index is 1.68. The molecule has 1 saturated heterocycles. The van der Waals surface area contributed by atoms with Crippen molar-refractivity contribution in [1.29, 1.82) is 0 Å². The number of morpholine rings is 1. The van der Waals surface area contributed by atoms with Crippen LogP contribution in [0, 0.1) is 0 Å². The number of ether oxygens (including phenoxy) is 1. The largest absolute Gasteiger partial charge is 0.378 e. The number of thiophene rings is 1. The summed E-state index contributed by atoms with van der Waals surface area (Å²) in [4.78, 5) is 13.8. The number of nitrogens with zero attached hydrogens (tertiary/aromatic N) is 1. The molecule has 0 aromatic carbocycles. The van der Waals surface area contributed by atoms with Gasteiger partial charge in [-0.25, -0.2) is 0 Å². The molecule has 1 aromatic heterocycles. The van der Waals surface area contributed by atoms with Gasteiger partial charge in [0.05, 0.1) is 19.8 Å². The van der Waals surface area contributed by atoms with Crippen LogP contribution < -0.4 is 5.32 Å². The molecule has 0 spiro atoms. The zero-order valence-corrected chi connectivity index (χ0v) is 11.5. The molecule has 2 rings (SSSR count). The van der Waals surface area contributed by atoms with Crippen molar-refractivity contribution in [3.05, 3.63) is 22.4 Å². The Labute approximate surface area is 112 Å². The van der Waals surface area contributed by atoms with Crippen molar-refractivity contribution in [3.8, 4) is 0 Å². The van der Waals surface area contributed by atoms with Gasteiger partial charge in [-0.05, 0) is 35.7 Å². The number of amides is 1. The summed E-state index contributed by atoms with van der Waals surface area (Å²) < 4.78 is 5.23. The van der Waals surface area contributed by atoms with E-state index in [2.05, 4.69) is 29.1 Å². The molecule has 1 fully saturated rings. The summed E-state index contributed by atoms with van der Waals surface area (Å²) in [6.45, 7) is 5.31. The number of carbonyl (C=O) groups excluding carboxylic acids is 1. The molecule has 1 atom stereocenters. The summed E-state index contributed by atoms with van der Waals surface area (Å²) in [5.41, 5.74) is 1.33. The standard InChI is InChI=1S/C13H20N2O2S/c1-11(8-12-2-7-18-10-12)14-9-13(16)15-3-5-17-6-4-15/h2,7,10-11,14H,3-6,8-9H2,1H3. The molecule has 0 radical (unpaired) electrons. The van der Waals surface area contributed by atoms with Crippen LogP contribution in [0.25, 0.3) is 0 Å². The summed E-state index contributed by atoms with van der Waals surface area (Å²) in [6.07, 6.45) is 0.972. The van der Waals surface area contributed by atoms with Crippen LogP contribution in [0.2, 0.25) is 0 Å². The van der Waals surface area contributed by atoms with Crippen molar-refractivity contribution in [2.45, 2.75) is 19.4 Å². The van der Waals surface area contributed by atoms with Crippen LogP contribution in [0.3, 0.4) is 0 Å². The molecule has 2 heterocycles. The SMILES string of the molecule is CC(Cc1ccsc1)NCC(=O)N1CCOCC1. The Morgan fingerprint density at radius 1 is 1.56 bits per heavy atom. The molecule has 18 heavy (non-hydrogen) atoms. The lowest BCUT2D eigenvalue weighted by molar-refractivity contribution is -0.134. The van der Waals surface area contributed by atoms with Gasteiger partial charge in [0.25, 0.3) is 0 Å². The third-order valence-corrected chi connectivity index (χ3v) is 3.82. The normalized spacial score (nSPS) is 17.7. The van der Waals surface area contributed by atoms with Gasteiger partial charge in [-0.3, -0.25) is 4.79 Å². The van der Waals surface area contributed by atoms with E-state index in [0.717, 1.165) is 19.5 Å². The van der Waals surface area contributed by atoms with Crippen molar-refractivity contribution >= 4 is 17.2 Å². The molecule has 5 heteroatoms. The minimum Gasteiger partial charge on any atom is -0.378 e. The highest BCUT2D eigenvalue weighted by atomic mass is 32.1. The van der Waals surface area contributed by atoms with Crippen LogP contribution >= 0.6 is 11.3 Å². The predicted octanol–water partition coefficient (Wildman–Crippen LogP) is 1.13. The average Bonchev–Trinajstić information content (AvgIpc) is 2.90. The van der Waals surface area contributed by atoms with Gasteiger partial charge in [-0.2, -0.15) is 11.3 Å². The number of hydrogen-bond donors (Lipinski definition) is 1. The topological polar surface area (TPSA) is 41.6 Å². The molecule has 0 aliphatic carbocycles. The van der Waals surface area contributed by atoms with E-state index < -0.39 is 0 Å². The fourth-order valence-corrected chi connectivity index (χ4v) is 2.70. The third-order valence-electron chi connectivity index (χ3n) is 3.09. The van der Waals surface area contributed by atoms with Gasteiger partial charge in [0.15, 0.2) is 0 Å². The Morgan fingerprint density at radius 2 is 2.33 bits per heavy atom. The summed E-state index contributed by atoms with van der Waals surface area (Å²) in [6, 6.07) is 2.46. The first-order valence-corrected chi connectivity index (χ1v) is 7.30. The predicted molar refractivity (Wildman–Crippen MR) is 72.9 cm³/mol. The first kappa shape index (κ1) is 13.5. The van der Waals surface area contributed by atoms with Gasteiger partial charge in [0.2, 0.25) is 5.91 Å². The highest BCUT2D eigenvalue weighted by Gasteiger charge is 2.16. The maximum Gasteiger partial charge on any atom is 0.236 e. The minimum absolute atomic E-state index is 0.176. The van der Waals surface area contributed by atoms with Gasteiger partial charge < -0.3 is 15.0 Å². The fourth-order valence-electron chi connectivity index (χ4n) is 2.02. The van der Waals surface area contributed by atoms with E-state index >= 15 is 0 Å². The average molecular weight is 268 g/mol. The molecular formula is C13H20N2O2S. The lowest BCUT2D eigenvalue weighted by atomic mass is 10.1. The fraction of sp³-hybridized carbons (Fsp3) is 0.615. The third kappa shape index (κ3) is 4.08. The van der Waals surface area contributed by atoms with Crippen molar-refractivity contribution in [2.75, 3.05) is 32.8 Å². The van der Waals surface area contributed by atoms with Crippen molar-refractivity contribution in [3.63, 3.8) is 0 Å². The molecule has 1 amide bonds.